The Hall–Kier alpha value is -1.91. The van der Waals surface area contributed by atoms with E-state index in [1.807, 2.05) is 0 Å². The standard InChI is InChI=1S/C8H8N3O2/c1-10-8(13)5-2-3-11-6(4-5)7(9)12/h2-3H,1H3,(H2,9,12)(H,10,13). The summed E-state index contributed by atoms with van der Waals surface area (Å²) in [7, 11) is 1.49. The van der Waals surface area contributed by atoms with Gasteiger partial charge in [0.1, 0.15) is 5.69 Å². The van der Waals surface area contributed by atoms with Crippen molar-refractivity contribution in [1.29, 1.82) is 0 Å². The van der Waals surface area contributed by atoms with E-state index in [2.05, 4.69) is 16.4 Å². The van der Waals surface area contributed by atoms with Crippen molar-refractivity contribution in [1.82, 2.24) is 10.3 Å². The molecule has 67 valence electrons. The molecule has 0 aliphatic rings. The minimum atomic E-state index is -0.703. The van der Waals surface area contributed by atoms with Gasteiger partial charge in [0.15, 0.2) is 0 Å². The molecule has 0 fully saturated rings. The summed E-state index contributed by atoms with van der Waals surface area (Å²) in [6.07, 6.45) is 1.33. The van der Waals surface area contributed by atoms with E-state index in [0.29, 0.717) is 0 Å². The lowest BCUT2D eigenvalue weighted by Crippen LogP contribution is -2.20. The monoisotopic (exact) mass is 178 g/mol. The molecule has 0 bridgehead atoms. The number of carbonyl (C=O) groups excluding carboxylic acids is 2. The number of carbonyl (C=O) groups is 2. The van der Waals surface area contributed by atoms with Crippen LogP contribution < -0.4 is 11.1 Å². The average Bonchev–Trinajstić information content (AvgIpc) is 2.17. The highest BCUT2D eigenvalue weighted by atomic mass is 16.2. The van der Waals surface area contributed by atoms with Crippen LogP contribution in [0, 0.1) is 6.07 Å². The van der Waals surface area contributed by atoms with Gasteiger partial charge >= 0.3 is 0 Å². The van der Waals surface area contributed by atoms with E-state index in [9.17, 15) is 9.59 Å². The molecule has 5 heteroatoms. The summed E-state index contributed by atoms with van der Waals surface area (Å²) >= 11 is 0. The summed E-state index contributed by atoms with van der Waals surface area (Å²) in [5.74, 6) is -1.03. The summed E-state index contributed by atoms with van der Waals surface area (Å²) < 4.78 is 0. The molecular formula is C8H8N3O2. The molecule has 0 aromatic carbocycles. The zero-order valence-corrected chi connectivity index (χ0v) is 7.00. The fourth-order valence-corrected chi connectivity index (χ4v) is 0.780. The number of aromatic nitrogens is 1. The van der Waals surface area contributed by atoms with Gasteiger partial charge in [-0.25, -0.2) is 0 Å². The first-order valence-corrected chi connectivity index (χ1v) is 3.55. The molecule has 0 aliphatic carbocycles. The third-order valence-electron chi connectivity index (χ3n) is 1.40. The molecule has 3 N–H and O–H groups in total. The van der Waals surface area contributed by atoms with Crippen molar-refractivity contribution in [3.05, 3.63) is 29.6 Å². The highest BCUT2D eigenvalue weighted by Crippen LogP contribution is 1.99. The second-order valence-corrected chi connectivity index (χ2v) is 2.28. The predicted octanol–water partition coefficient (Wildman–Crippen LogP) is -0.660. The molecule has 0 saturated heterocycles. The Kier molecular flexibility index (Phi) is 2.59. The van der Waals surface area contributed by atoms with E-state index < -0.39 is 5.91 Å². The molecule has 0 saturated carbocycles. The molecule has 0 atom stereocenters. The Morgan fingerprint density at radius 2 is 2.31 bits per heavy atom. The molecule has 1 heterocycles. The van der Waals surface area contributed by atoms with Gasteiger partial charge in [0, 0.05) is 19.3 Å². The van der Waals surface area contributed by atoms with Crippen LogP contribution in [0.5, 0.6) is 0 Å². The van der Waals surface area contributed by atoms with E-state index in [1.165, 1.54) is 19.3 Å². The molecule has 1 rings (SSSR count). The number of hydrogen-bond acceptors (Lipinski definition) is 3. The topological polar surface area (TPSA) is 85.1 Å². The van der Waals surface area contributed by atoms with Crippen LogP contribution in [0.4, 0.5) is 0 Å². The number of nitrogens with one attached hydrogen (secondary N) is 1. The fourth-order valence-electron chi connectivity index (χ4n) is 0.780. The number of pyridine rings is 1. The van der Waals surface area contributed by atoms with Crippen molar-refractivity contribution < 1.29 is 9.59 Å². The van der Waals surface area contributed by atoms with E-state index in [0.717, 1.165) is 0 Å². The van der Waals surface area contributed by atoms with Crippen LogP contribution in [0.15, 0.2) is 12.3 Å². The number of rotatable bonds is 2. The predicted molar refractivity (Wildman–Crippen MR) is 45.0 cm³/mol. The van der Waals surface area contributed by atoms with E-state index in [4.69, 9.17) is 5.73 Å². The normalized spacial score (nSPS) is 9.31. The van der Waals surface area contributed by atoms with Crippen LogP contribution in [0.1, 0.15) is 20.8 Å². The fraction of sp³-hybridized carbons (Fsp3) is 0.125. The van der Waals surface area contributed by atoms with Crippen LogP contribution in [0.3, 0.4) is 0 Å². The van der Waals surface area contributed by atoms with Crippen LogP contribution in [-0.4, -0.2) is 23.8 Å². The largest absolute Gasteiger partial charge is 0.364 e. The first-order chi connectivity index (χ1) is 6.15. The number of nitrogens with zero attached hydrogens (tertiary/aromatic N) is 1. The van der Waals surface area contributed by atoms with Crippen molar-refractivity contribution in [3.63, 3.8) is 0 Å². The van der Waals surface area contributed by atoms with E-state index in [-0.39, 0.29) is 17.2 Å². The summed E-state index contributed by atoms with van der Waals surface area (Å²) in [5, 5.41) is 2.40. The van der Waals surface area contributed by atoms with Crippen LogP contribution >= 0.6 is 0 Å². The maximum absolute atomic E-state index is 11.1. The minimum absolute atomic E-state index is 0.0406. The first-order valence-electron chi connectivity index (χ1n) is 3.55. The Morgan fingerprint density at radius 1 is 1.62 bits per heavy atom. The molecular weight excluding hydrogens is 170 g/mol. The molecule has 5 nitrogen and oxygen atoms in total. The second kappa shape index (κ2) is 3.66. The maximum Gasteiger partial charge on any atom is 0.267 e. The van der Waals surface area contributed by atoms with E-state index in [1.54, 1.807) is 0 Å². The van der Waals surface area contributed by atoms with Crippen LogP contribution in [-0.2, 0) is 0 Å². The van der Waals surface area contributed by atoms with Crippen LogP contribution in [0.2, 0.25) is 0 Å². The average molecular weight is 178 g/mol. The third-order valence-corrected chi connectivity index (χ3v) is 1.40. The molecule has 1 aromatic rings. The second-order valence-electron chi connectivity index (χ2n) is 2.28. The zero-order valence-electron chi connectivity index (χ0n) is 7.00. The summed E-state index contributed by atoms with van der Waals surface area (Å²) in [4.78, 5) is 25.4. The Balaban J connectivity index is 3.05. The number of primary amides is 1. The number of hydrogen-bond donors (Lipinski definition) is 2. The third kappa shape index (κ3) is 2.02. The van der Waals surface area contributed by atoms with Gasteiger partial charge in [-0.3, -0.25) is 14.6 Å². The van der Waals surface area contributed by atoms with Crippen LogP contribution in [0.25, 0.3) is 0 Å². The Labute approximate surface area is 75.0 Å². The van der Waals surface area contributed by atoms with Gasteiger partial charge in [-0.2, -0.15) is 0 Å². The lowest BCUT2D eigenvalue weighted by atomic mass is 10.2. The maximum atomic E-state index is 11.1. The van der Waals surface area contributed by atoms with Gasteiger partial charge in [-0.05, 0) is 6.07 Å². The summed E-state index contributed by atoms with van der Waals surface area (Å²) in [5.41, 5.74) is 5.16. The highest BCUT2D eigenvalue weighted by molar-refractivity contribution is 5.97. The quantitative estimate of drug-likeness (QED) is 0.630. The Morgan fingerprint density at radius 3 is 2.85 bits per heavy atom. The minimum Gasteiger partial charge on any atom is -0.364 e. The van der Waals surface area contributed by atoms with Gasteiger partial charge in [0.2, 0.25) is 0 Å². The molecule has 0 aliphatic heterocycles. The molecule has 1 aromatic heterocycles. The molecule has 2 amide bonds. The van der Waals surface area contributed by atoms with Crippen molar-refractivity contribution in [3.8, 4) is 0 Å². The SMILES string of the molecule is CNC(=O)c1[c]c(C(N)=O)ncc1. The molecule has 0 spiro atoms. The summed E-state index contributed by atoms with van der Waals surface area (Å²) in [6, 6.07) is 3.95. The summed E-state index contributed by atoms with van der Waals surface area (Å²) in [6.45, 7) is 0. The van der Waals surface area contributed by atoms with Crippen molar-refractivity contribution in [2.45, 2.75) is 0 Å². The highest BCUT2D eigenvalue weighted by Gasteiger charge is 2.07. The van der Waals surface area contributed by atoms with Crippen molar-refractivity contribution >= 4 is 11.8 Å². The number of amides is 2. The van der Waals surface area contributed by atoms with Gasteiger partial charge in [-0.1, -0.05) is 0 Å². The Bertz CT molecular complexity index is 349. The van der Waals surface area contributed by atoms with Gasteiger partial charge in [-0.15, -0.1) is 0 Å². The van der Waals surface area contributed by atoms with Crippen molar-refractivity contribution in [2.24, 2.45) is 5.73 Å². The lowest BCUT2D eigenvalue weighted by Gasteiger charge is -1.99. The van der Waals surface area contributed by atoms with Gasteiger partial charge in [0.05, 0.1) is 5.56 Å². The number of nitrogens with two attached hydrogens (primary N) is 1. The molecule has 13 heavy (non-hydrogen) atoms. The first kappa shape index (κ1) is 9.18. The molecule has 0 unspecified atom stereocenters. The smallest absolute Gasteiger partial charge is 0.267 e. The van der Waals surface area contributed by atoms with Gasteiger partial charge in [0.25, 0.3) is 11.8 Å². The van der Waals surface area contributed by atoms with E-state index >= 15 is 0 Å². The molecule has 1 radical (unpaired) electrons. The lowest BCUT2D eigenvalue weighted by molar-refractivity contribution is 0.0962. The van der Waals surface area contributed by atoms with Crippen molar-refractivity contribution in [2.75, 3.05) is 7.05 Å². The zero-order chi connectivity index (χ0) is 9.84. The van der Waals surface area contributed by atoms with Gasteiger partial charge < -0.3 is 11.1 Å².